The van der Waals surface area contributed by atoms with Crippen molar-refractivity contribution in [1.29, 1.82) is 0 Å². The fourth-order valence-corrected chi connectivity index (χ4v) is 3.83. The largest absolute Gasteiger partial charge is 0.493 e. The van der Waals surface area contributed by atoms with E-state index >= 15 is 0 Å². The number of ether oxygens (including phenoxy) is 3. The minimum atomic E-state index is -0.456. The van der Waals surface area contributed by atoms with Gasteiger partial charge in [-0.05, 0) is 43.2 Å². The van der Waals surface area contributed by atoms with E-state index in [1.54, 1.807) is 23.1 Å². The van der Waals surface area contributed by atoms with Gasteiger partial charge in [-0.25, -0.2) is 0 Å². The number of carbonyl (C=O) groups excluding carboxylic acids is 3. The Balaban J connectivity index is 1.22. The van der Waals surface area contributed by atoms with Gasteiger partial charge in [0.1, 0.15) is 19.0 Å². The van der Waals surface area contributed by atoms with E-state index in [1.165, 1.54) is 0 Å². The van der Waals surface area contributed by atoms with Gasteiger partial charge in [-0.3, -0.25) is 25.2 Å². The molecule has 1 fully saturated rings. The lowest BCUT2D eigenvalue weighted by molar-refractivity contribution is -0.136. The van der Waals surface area contributed by atoms with Crippen LogP contribution in [0.25, 0.3) is 0 Å². The molecule has 0 radical (unpaired) electrons. The number of fused-ring (bicyclic) bond motifs is 1. The third-order valence-electron chi connectivity index (χ3n) is 5.58. The summed E-state index contributed by atoms with van der Waals surface area (Å²) in [5, 5.41) is 0. The molecule has 2 aliphatic heterocycles. The van der Waals surface area contributed by atoms with Crippen LogP contribution >= 0.6 is 0 Å². The highest BCUT2D eigenvalue weighted by Crippen LogP contribution is 2.30. The molecule has 2 N–H and O–H groups in total. The number of nitrogens with zero attached hydrogens (tertiary/aromatic N) is 1. The molecule has 33 heavy (non-hydrogen) atoms. The van der Waals surface area contributed by atoms with Gasteiger partial charge in [0, 0.05) is 18.7 Å². The first kappa shape index (κ1) is 22.4. The fourth-order valence-electron chi connectivity index (χ4n) is 3.83. The van der Waals surface area contributed by atoms with Crippen molar-refractivity contribution in [2.24, 2.45) is 5.92 Å². The standard InChI is InChI=1S/C24H27N3O6/c28-22(10-12-31-19-6-2-1-3-7-19)27-11-4-5-18(16-27)24(30)26-25-23(29)17-8-9-20-21(15-17)33-14-13-32-20/h1-3,6-9,15,18H,4-5,10-14,16H2,(H,25,29)(H,26,30). The van der Waals surface area contributed by atoms with Crippen molar-refractivity contribution in [2.45, 2.75) is 19.3 Å². The van der Waals surface area contributed by atoms with Gasteiger partial charge in [0.05, 0.1) is 18.9 Å². The number of likely N-dealkylation sites (tertiary alicyclic amines) is 1. The number of para-hydroxylation sites is 1. The summed E-state index contributed by atoms with van der Waals surface area (Å²) in [6.45, 7) is 2.09. The summed E-state index contributed by atoms with van der Waals surface area (Å²) >= 11 is 0. The second-order valence-corrected chi connectivity index (χ2v) is 7.89. The molecule has 9 nitrogen and oxygen atoms in total. The van der Waals surface area contributed by atoms with Gasteiger partial charge in [0.2, 0.25) is 11.8 Å². The molecule has 1 saturated heterocycles. The lowest BCUT2D eigenvalue weighted by atomic mass is 9.97. The molecule has 0 spiro atoms. The van der Waals surface area contributed by atoms with E-state index in [9.17, 15) is 14.4 Å². The predicted octanol–water partition coefficient (Wildman–Crippen LogP) is 1.93. The van der Waals surface area contributed by atoms with Crippen LogP contribution in [0.5, 0.6) is 17.2 Å². The molecule has 2 aromatic rings. The van der Waals surface area contributed by atoms with Crippen LogP contribution in [0.2, 0.25) is 0 Å². The Bertz CT molecular complexity index is 997. The van der Waals surface area contributed by atoms with Gasteiger partial charge < -0.3 is 19.1 Å². The average molecular weight is 453 g/mol. The highest BCUT2D eigenvalue weighted by molar-refractivity contribution is 5.96. The monoisotopic (exact) mass is 453 g/mol. The van der Waals surface area contributed by atoms with Gasteiger partial charge in [-0.2, -0.15) is 0 Å². The molecule has 2 aliphatic rings. The average Bonchev–Trinajstić information content (AvgIpc) is 2.87. The zero-order valence-electron chi connectivity index (χ0n) is 18.2. The zero-order valence-corrected chi connectivity index (χ0v) is 18.2. The minimum Gasteiger partial charge on any atom is -0.493 e. The molecular formula is C24H27N3O6. The van der Waals surface area contributed by atoms with Crippen molar-refractivity contribution in [3.8, 4) is 17.2 Å². The van der Waals surface area contributed by atoms with E-state index in [-0.39, 0.29) is 24.8 Å². The van der Waals surface area contributed by atoms with Crippen molar-refractivity contribution in [1.82, 2.24) is 15.8 Å². The molecule has 2 heterocycles. The second-order valence-electron chi connectivity index (χ2n) is 7.89. The summed E-state index contributed by atoms with van der Waals surface area (Å²) in [7, 11) is 0. The van der Waals surface area contributed by atoms with Gasteiger partial charge >= 0.3 is 0 Å². The van der Waals surface area contributed by atoms with Gasteiger partial charge in [0.25, 0.3) is 5.91 Å². The van der Waals surface area contributed by atoms with E-state index in [2.05, 4.69) is 10.9 Å². The quantitative estimate of drug-likeness (QED) is 0.648. The van der Waals surface area contributed by atoms with E-state index in [0.29, 0.717) is 49.8 Å². The number of carbonyl (C=O) groups is 3. The fraction of sp³-hybridized carbons (Fsp3) is 0.375. The normalized spacial score (nSPS) is 17.1. The van der Waals surface area contributed by atoms with Crippen molar-refractivity contribution >= 4 is 17.7 Å². The molecule has 0 saturated carbocycles. The lowest BCUT2D eigenvalue weighted by Gasteiger charge is -2.32. The molecule has 0 aliphatic carbocycles. The molecular weight excluding hydrogens is 426 g/mol. The Morgan fingerprint density at radius 1 is 1.00 bits per heavy atom. The minimum absolute atomic E-state index is 0.0521. The zero-order chi connectivity index (χ0) is 23.0. The van der Waals surface area contributed by atoms with Crippen LogP contribution in [0.15, 0.2) is 48.5 Å². The number of benzene rings is 2. The number of nitrogens with one attached hydrogen (secondary N) is 2. The number of hydrazine groups is 1. The molecule has 0 bridgehead atoms. The first-order chi connectivity index (χ1) is 16.1. The second kappa shape index (κ2) is 10.7. The summed E-state index contributed by atoms with van der Waals surface area (Å²) in [5.41, 5.74) is 5.27. The van der Waals surface area contributed by atoms with Gasteiger partial charge in [0.15, 0.2) is 11.5 Å². The number of amides is 3. The Morgan fingerprint density at radius 3 is 2.61 bits per heavy atom. The molecule has 4 rings (SSSR count). The van der Waals surface area contributed by atoms with Gasteiger partial charge in [-0.1, -0.05) is 18.2 Å². The first-order valence-electron chi connectivity index (χ1n) is 11.1. The summed E-state index contributed by atoms with van der Waals surface area (Å²) in [6, 6.07) is 14.2. The first-order valence-corrected chi connectivity index (χ1v) is 11.1. The van der Waals surface area contributed by atoms with Crippen molar-refractivity contribution in [2.75, 3.05) is 32.9 Å². The molecule has 1 unspecified atom stereocenters. The SMILES string of the molecule is O=C(NNC(=O)C1CCCN(C(=O)CCOc2ccccc2)C1)c1ccc2c(c1)OCCO2. The maximum atomic E-state index is 12.6. The van der Waals surface area contributed by atoms with Crippen LogP contribution in [0, 0.1) is 5.92 Å². The molecule has 3 amide bonds. The smallest absolute Gasteiger partial charge is 0.269 e. The summed E-state index contributed by atoms with van der Waals surface area (Å²) in [5.74, 6) is 0.582. The van der Waals surface area contributed by atoms with Crippen LogP contribution < -0.4 is 25.1 Å². The number of rotatable bonds is 6. The lowest BCUT2D eigenvalue weighted by Crippen LogP contribution is -2.50. The maximum Gasteiger partial charge on any atom is 0.269 e. The molecule has 174 valence electrons. The molecule has 2 aromatic carbocycles. The highest BCUT2D eigenvalue weighted by atomic mass is 16.6. The predicted molar refractivity (Wildman–Crippen MR) is 119 cm³/mol. The number of hydrogen-bond donors (Lipinski definition) is 2. The van der Waals surface area contributed by atoms with Crippen LogP contribution in [0.4, 0.5) is 0 Å². The third-order valence-corrected chi connectivity index (χ3v) is 5.58. The van der Waals surface area contributed by atoms with E-state index in [4.69, 9.17) is 14.2 Å². The van der Waals surface area contributed by atoms with E-state index in [0.717, 1.165) is 12.2 Å². The van der Waals surface area contributed by atoms with Crippen molar-refractivity contribution in [3.05, 3.63) is 54.1 Å². The van der Waals surface area contributed by atoms with Crippen LogP contribution in [-0.4, -0.2) is 55.5 Å². The van der Waals surface area contributed by atoms with Crippen LogP contribution in [0.3, 0.4) is 0 Å². The number of hydrogen-bond acceptors (Lipinski definition) is 6. The van der Waals surface area contributed by atoms with Crippen molar-refractivity contribution < 1.29 is 28.6 Å². The van der Waals surface area contributed by atoms with Crippen LogP contribution in [-0.2, 0) is 9.59 Å². The third kappa shape index (κ3) is 5.94. The molecule has 0 aromatic heterocycles. The summed E-state index contributed by atoms with van der Waals surface area (Å²) < 4.78 is 16.5. The van der Waals surface area contributed by atoms with Gasteiger partial charge in [-0.15, -0.1) is 0 Å². The van der Waals surface area contributed by atoms with Crippen molar-refractivity contribution in [3.63, 3.8) is 0 Å². The van der Waals surface area contributed by atoms with E-state index < -0.39 is 11.8 Å². The summed E-state index contributed by atoms with van der Waals surface area (Å²) in [4.78, 5) is 39.3. The number of piperidine rings is 1. The van der Waals surface area contributed by atoms with Crippen LogP contribution in [0.1, 0.15) is 29.6 Å². The highest BCUT2D eigenvalue weighted by Gasteiger charge is 2.28. The molecule has 1 atom stereocenters. The summed E-state index contributed by atoms with van der Waals surface area (Å²) in [6.07, 6.45) is 1.61. The van der Waals surface area contributed by atoms with E-state index in [1.807, 2.05) is 30.3 Å². The Hall–Kier alpha value is -3.75. The topological polar surface area (TPSA) is 106 Å². The Kier molecular flexibility index (Phi) is 7.29. The maximum absolute atomic E-state index is 12.6. The Morgan fingerprint density at radius 2 is 1.79 bits per heavy atom. The molecule has 9 heteroatoms. The Labute approximate surface area is 192 Å².